The van der Waals surface area contributed by atoms with Gasteiger partial charge in [-0.25, -0.2) is 0 Å². The normalized spacial score (nSPS) is 15.5. The van der Waals surface area contributed by atoms with Gasteiger partial charge in [-0.05, 0) is 31.1 Å². The third-order valence-corrected chi connectivity index (χ3v) is 3.59. The number of hydrogen-bond acceptors (Lipinski definition) is 3. The van der Waals surface area contributed by atoms with E-state index in [1.807, 2.05) is 6.92 Å². The first-order valence-electron chi connectivity index (χ1n) is 6.46. The summed E-state index contributed by atoms with van der Waals surface area (Å²) in [6.45, 7) is 3.68. The molecule has 1 fully saturated rings. The van der Waals surface area contributed by atoms with Crippen molar-refractivity contribution in [3.05, 3.63) is 29.8 Å². The van der Waals surface area contributed by atoms with E-state index in [1.54, 1.807) is 31.3 Å². The number of rotatable bonds is 4. The second kappa shape index (κ2) is 7.26. The van der Waals surface area contributed by atoms with Gasteiger partial charge in [0.25, 0.3) is 5.91 Å². The van der Waals surface area contributed by atoms with Gasteiger partial charge in [-0.3, -0.25) is 9.59 Å². The Labute approximate surface area is 124 Å². The van der Waals surface area contributed by atoms with Crippen molar-refractivity contribution in [1.82, 2.24) is 10.6 Å². The maximum Gasteiger partial charge on any atom is 0.253 e. The first-order valence-corrected chi connectivity index (χ1v) is 6.46. The highest BCUT2D eigenvalue weighted by Gasteiger charge is 2.29. The molecule has 0 aromatic heterocycles. The van der Waals surface area contributed by atoms with Crippen LogP contribution in [-0.2, 0) is 4.79 Å². The van der Waals surface area contributed by atoms with Gasteiger partial charge in [-0.2, -0.15) is 0 Å². The first-order chi connectivity index (χ1) is 9.13. The van der Waals surface area contributed by atoms with E-state index in [-0.39, 0.29) is 30.1 Å². The molecule has 1 aromatic carbocycles. The number of anilines is 1. The number of amides is 2. The van der Waals surface area contributed by atoms with E-state index in [2.05, 4.69) is 16.0 Å². The van der Waals surface area contributed by atoms with Crippen molar-refractivity contribution in [3.8, 4) is 0 Å². The molecule has 2 rings (SSSR count). The van der Waals surface area contributed by atoms with Crippen LogP contribution in [0.4, 0.5) is 5.69 Å². The van der Waals surface area contributed by atoms with Gasteiger partial charge >= 0.3 is 0 Å². The Hall–Kier alpha value is -1.59. The Bertz CT molecular complexity index is 489. The highest BCUT2D eigenvalue weighted by Crippen LogP contribution is 2.20. The van der Waals surface area contributed by atoms with E-state index >= 15 is 0 Å². The van der Waals surface area contributed by atoms with Crippen LogP contribution in [0.25, 0.3) is 0 Å². The van der Waals surface area contributed by atoms with Crippen LogP contribution >= 0.6 is 12.4 Å². The Kier molecular flexibility index (Phi) is 5.98. The molecule has 20 heavy (non-hydrogen) atoms. The minimum Gasteiger partial charge on any atom is -0.355 e. The summed E-state index contributed by atoms with van der Waals surface area (Å²) in [5.41, 5.74) is 1.04. The summed E-state index contributed by atoms with van der Waals surface area (Å²) in [6.07, 6.45) is 0. The van der Waals surface area contributed by atoms with Gasteiger partial charge in [0.2, 0.25) is 5.91 Å². The summed E-state index contributed by atoms with van der Waals surface area (Å²) in [4.78, 5) is 23.9. The monoisotopic (exact) mass is 297 g/mol. The molecule has 0 aliphatic carbocycles. The molecule has 0 spiro atoms. The second-order valence-corrected chi connectivity index (χ2v) is 4.82. The van der Waals surface area contributed by atoms with Crippen LogP contribution in [0.3, 0.4) is 0 Å². The molecule has 5 nitrogen and oxygen atoms in total. The number of benzene rings is 1. The van der Waals surface area contributed by atoms with Gasteiger partial charge in [0.05, 0.1) is 11.3 Å². The zero-order chi connectivity index (χ0) is 13.8. The molecule has 1 heterocycles. The molecule has 6 heteroatoms. The zero-order valence-corrected chi connectivity index (χ0v) is 12.4. The van der Waals surface area contributed by atoms with E-state index < -0.39 is 0 Å². The maximum absolute atomic E-state index is 12.1. The van der Waals surface area contributed by atoms with Gasteiger partial charge in [0.1, 0.15) is 0 Å². The number of carbonyl (C=O) groups is 2. The topological polar surface area (TPSA) is 70.2 Å². The van der Waals surface area contributed by atoms with Crippen LogP contribution in [0.2, 0.25) is 0 Å². The van der Waals surface area contributed by atoms with Crippen molar-refractivity contribution in [2.45, 2.75) is 6.92 Å². The van der Waals surface area contributed by atoms with E-state index in [0.717, 1.165) is 13.1 Å². The van der Waals surface area contributed by atoms with Gasteiger partial charge < -0.3 is 16.0 Å². The van der Waals surface area contributed by atoms with E-state index in [4.69, 9.17) is 0 Å². The summed E-state index contributed by atoms with van der Waals surface area (Å²) < 4.78 is 0. The molecule has 1 aliphatic heterocycles. The van der Waals surface area contributed by atoms with Crippen LogP contribution in [0.15, 0.2) is 24.3 Å². The minimum absolute atomic E-state index is 0. The lowest BCUT2D eigenvalue weighted by Crippen LogP contribution is -2.48. The molecule has 0 radical (unpaired) electrons. The van der Waals surface area contributed by atoms with Crippen LogP contribution in [0, 0.1) is 11.8 Å². The third kappa shape index (κ3) is 3.49. The zero-order valence-electron chi connectivity index (χ0n) is 11.6. The fraction of sp³-hybridized carbons (Fsp3) is 0.429. The summed E-state index contributed by atoms with van der Waals surface area (Å²) in [5, 5.41) is 8.57. The fourth-order valence-electron chi connectivity index (χ4n) is 2.05. The second-order valence-electron chi connectivity index (χ2n) is 4.82. The molecular weight excluding hydrogens is 278 g/mol. The third-order valence-electron chi connectivity index (χ3n) is 3.59. The predicted octanol–water partition coefficient (Wildman–Crippen LogP) is 1.26. The molecule has 0 bridgehead atoms. The fourth-order valence-corrected chi connectivity index (χ4v) is 2.05. The smallest absolute Gasteiger partial charge is 0.253 e. The molecule has 1 atom stereocenters. The minimum atomic E-state index is -0.200. The average molecular weight is 298 g/mol. The average Bonchev–Trinajstić information content (AvgIpc) is 2.36. The largest absolute Gasteiger partial charge is 0.355 e. The lowest BCUT2D eigenvalue weighted by molar-refractivity contribution is -0.121. The SMILES string of the molecule is CNC(=O)c1ccccc1NC(=O)C(C)C1CNC1.Cl. The van der Waals surface area contributed by atoms with Crippen LogP contribution in [0.1, 0.15) is 17.3 Å². The van der Waals surface area contributed by atoms with Crippen LogP contribution < -0.4 is 16.0 Å². The molecule has 1 aromatic rings. The maximum atomic E-state index is 12.1. The number of hydrogen-bond donors (Lipinski definition) is 3. The predicted molar refractivity (Wildman–Crippen MR) is 81.2 cm³/mol. The summed E-state index contributed by atoms with van der Waals surface area (Å²) in [6, 6.07) is 7.02. The van der Waals surface area contributed by atoms with Crippen LogP contribution in [-0.4, -0.2) is 32.0 Å². The van der Waals surface area contributed by atoms with Gasteiger partial charge in [0.15, 0.2) is 0 Å². The summed E-state index contributed by atoms with van der Waals surface area (Å²) in [5.74, 6) is 0.0860. The lowest BCUT2D eigenvalue weighted by Gasteiger charge is -2.31. The van der Waals surface area contributed by atoms with Gasteiger partial charge in [-0.15, -0.1) is 12.4 Å². The summed E-state index contributed by atoms with van der Waals surface area (Å²) in [7, 11) is 1.57. The van der Waals surface area contributed by atoms with Crippen molar-refractivity contribution in [2.75, 3.05) is 25.5 Å². The quantitative estimate of drug-likeness (QED) is 0.784. The number of carbonyl (C=O) groups excluding carboxylic acids is 2. The van der Waals surface area contributed by atoms with Gasteiger partial charge in [-0.1, -0.05) is 19.1 Å². The Morgan fingerprint density at radius 2 is 1.95 bits per heavy atom. The Balaban J connectivity index is 0.00000200. The molecule has 1 aliphatic rings. The van der Waals surface area contributed by atoms with Crippen molar-refractivity contribution in [2.24, 2.45) is 11.8 Å². The van der Waals surface area contributed by atoms with Crippen molar-refractivity contribution < 1.29 is 9.59 Å². The Morgan fingerprint density at radius 1 is 1.30 bits per heavy atom. The molecule has 3 N–H and O–H groups in total. The standard InChI is InChI=1S/C14H19N3O2.ClH/c1-9(10-7-16-8-10)13(18)17-12-6-4-3-5-11(12)14(19)15-2;/h3-6,9-10,16H,7-8H2,1-2H3,(H,15,19)(H,17,18);1H. The van der Waals surface area contributed by atoms with Crippen molar-refractivity contribution >= 4 is 29.9 Å². The van der Waals surface area contributed by atoms with Gasteiger partial charge in [0, 0.05) is 13.0 Å². The van der Waals surface area contributed by atoms with E-state index in [9.17, 15) is 9.59 Å². The molecule has 2 amide bonds. The van der Waals surface area contributed by atoms with Crippen LogP contribution in [0.5, 0.6) is 0 Å². The molecular formula is C14H20ClN3O2. The highest BCUT2D eigenvalue weighted by atomic mass is 35.5. The molecule has 110 valence electrons. The van der Waals surface area contributed by atoms with E-state index in [0.29, 0.717) is 17.2 Å². The van der Waals surface area contributed by atoms with Crippen molar-refractivity contribution in [3.63, 3.8) is 0 Å². The Morgan fingerprint density at radius 3 is 2.50 bits per heavy atom. The first kappa shape index (κ1) is 16.5. The number of halogens is 1. The number of nitrogens with one attached hydrogen (secondary N) is 3. The molecule has 1 unspecified atom stereocenters. The van der Waals surface area contributed by atoms with E-state index in [1.165, 1.54) is 0 Å². The molecule has 1 saturated heterocycles. The summed E-state index contributed by atoms with van der Waals surface area (Å²) >= 11 is 0. The number of para-hydroxylation sites is 1. The van der Waals surface area contributed by atoms with Crippen molar-refractivity contribution in [1.29, 1.82) is 0 Å². The molecule has 0 saturated carbocycles. The lowest BCUT2D eigenvalue weighted by atomic mass is 9.88. The highest BCUT2D eigenvalue weighted by molar-refractivity contribution is 6.04.